The van der Waals surface area contributed by atoms with Crippen molar-refractivity contribution in [2.24, 2.45) is 0 Å². The maximum Gasteiger partial charge on any atom is 0.326 e. The minimum atomic E-state index is -0.814. The summed E-state index contributed by atoms with van der Waals surface area (Å²) in [6, 6.07) is 12.6. The van der Waals surface area contributed by atoms with Gasteiger partial charge in [0.15, 0.2) is 0 Å². The maximum atomic E-state index is 11.5. The molecule has 1 unspecified atom stereocenters. The van der Waals surface area contributed by atoms with Crippen LogP contribution in [-0.2, 0) is 17.8 Å². The Morgan fingerprint density at radius 1 is 1.19 bits per heavy atom. The van der Waals surface area contributed by atoms with Crippen molar-refractivity contribution in [3.63, 3.8) is 0 Å². The van der Waals surface area contributed by atoms with Gasteiger partial charge in [0.1, 0.15) is 6.04 Å². The molecule has 0 fully saturated rings. The Morgan fingerprint density at radius 2 is 1.95 bits per heavy atom. The molecule has 1 aliphatic heterocycles. The molecule has 21 heavy (non-hydrogen) atoms. The van der Waals surface area contributed by atoms with Gasteiger partial charge in [-0.2, -0.15) is 0 Å². The zero-order chi connectivity index (χ0) is 15.0. The smallest absolute Gasteiger partial charge is 0.326 e. The van der Waals surface area contributed by atoms with Crippen molar-refractivity contribution in [2.45, 2.75) is 19.0 Å². The first-order valence-electron chi connectivity index (χ1n) is 6.57. The van der Waals surface area contributed by atoms with Gasteiger partial charge >= 0.3 is 5.97 Å². The largest absolute Gasteiger partial charge is 0.480 e. The third-order valence-corrected chi connectivity index (χ3v) is 4.45. The lowest BCUT2D eigenvalue weighted by atomic mass is 10.1. The highest BCUT2D eigenvalue weighted by molar-refractivity contribution is 6.42. The molecule has 2 aromatic carbocycles. The average molecular weight is 322 g/mol. The van der Waals surface area contributed by atoms with E-state index in [4.69, 9.17) is 23.2 Å². The van der Waals surface area contributed by atoms with Gasteiger partial charge in [0.25, 0.3) is 0 Å². The van der Waals surface area contributed by atoms with E-state index in [9.17, 15) is 9.90 Å². The lowest BCUT2D eigenvalue weighted by Crippen LogP contribution is -2.38. The van der Waals surface area contributed by atoms with Gasteiger partial charge in [-0.25, -0.2) is 4.79 Å². The van der Waals surface area contributed by atoms with Crippen molar-refractivity contribution in [1.29, 1.82) is 0 Å². The Balaban J connectivity index is 1.94. The van der Waals surface area contributed by atoms with Crippen LogP contribution in [0.15, 0.2) is 42.5 Å². The van der Waals surface area contributed by atoms with Crippen LogP contribution in [0.25, 0.3) is 0 Å². The fourth-order valence-corrected chi connectivity index (χ4v) is 3.02. The summed E-state index contributed by atoms with van der Waals surface area (Å²) in [5.74, 6) is -0.814. The molecule has 0 saturated heterocycles. The van der Waals surface area contributed by atoms with Crippen LogP contribution < -0.4 is 4.90 Å². The molecule has 1 aliphatic rings. The lowest BCUT2D eigenvalue weighted by Gasteiger charge is -2.25. The third kappa shape index (κ3) is 2.71. The van der Waals surface area contributed by atoms with Gasteiger partial charge in [0.2, 0.25) is 0 Å². The number of nitrogens with zero attached hydrogens (tertiary/aromatic N) is 1. The number of fused-ring (bicyclic) bond motifs is 1. The predicted molar refractivity (Wildman–Crippen MR) is 84.2 cm³/mol. The fraction of sp³-hybridized carbons (Fsp3) is 0.188. The van der Waals surface area contributed by atoms with Crippen molar-refractivity contribution in [2.75, 3.05) is 4.90 Å². The molecule has 0 radical (unpaired) electrons. The van der Waals surface area contributed by atoms with Crippen LogP contribution in [0.3, 0.4) is 0 Å². The summed E-state index contributed by atoms with van der Waals surface area (Å²) in [7, 11) is 0. The minimum absolute atomic E-state index is 0.480. The summed E-state index contributed by atoms with van der Waals surface area (Å²) >= 11 is 11.9. The van der Waals surface area contributed by atoms with E-state index in [1.54, 1.807) is 12.1 Å². The van der Waals surface area contributed by atoms with Crippen molar-refractivity contribution in [1.82, 2.24) is 0 Å². The van der Waals surface area contributed by atoms with Crippen LogP contribution in [0, 0.1) is 0 Å². The van der Waals surface area contributed by atoms with Gasteiger partial charge in [-0.15, -0.1) is 0 Å². The number of hydrogen-bond acceptors (Lipinski definition) is 2. The van der Waals surface area contributed by atoms with Crippen LogP contribution in [0.4, 0.5) is 5.69 Å². The Kier molecular flexibility index (Phi) is 3.79. The molecule has 0 spiro atoms. The highest BCUT2D eigenvalue weighted by Crippen LogP contribution is 2.34. The van der Waals surface area contributed by atoms with E-state index in [0.717, 1.165) is 16.8 Å². The number of para-hydroxylation sites is 1. The van der Waals surface area contributed by atoms with E-state index < -0.39 is 12.0 Å². The number of carboxylic acid groups (broad SMARTS) is 1. The number of aliphatic carboxylic acids is 1. The molecular weight excluding hydrogens is 309 g/mol. The molecule has 0 aliphatic carbocycles. The van der Waals surface area contributed by atoms with Gasteiger partial charge in [-0.1, -0.05) is 47.5 Å². The minimum Gasteiger partial charge on any atom is -0.480 e. The summed E-state index contributed by atoms with van der Waals surface area (Å²) in [6.07, 6.45) is 0.521. The topological polar surface area (TPSA) is 40.5 Å². The molecule has 3 rings (SSSR count). The molecule has 0 amide bonds. The van der Waals surface area contributed by atoms with Crippen molar-refractivity contribution >= 4 is 34.9 Å². The summed E-state index contributed by atoms with van der Waals surface area (Å²) in [4.78, 5) is 13.4. The first kappa shape index (κ1) is 14.2. The standard InChI is InChI=1S/C16H13Cl2NO2/c17-12-6-5-10(7-13(12)18)9-19-14-4-2-1-3-11(14)8-15(19)16(20)21/h1-7,15H,8-9H2,(H,20,21). The number of carbonyl (C=O) groups is 1. The van der Waals surface area contributed by atoms with Gasteiger partial charge in [-0.3, -0.25) is 0 Å². The second-order valence-corrected chi connectivity index (χ2v) is 5.88. The molecule has 2 aromatic rings. The Labute approximate surface area is 132 Å². The molecule has 5 heteroatoms. The summed E-state index contributed by atoms with van der Waals surface area (Å²) < 4.78 is 0. The molecule has 0 aromatic heterocycles. The van der Waals surface area contributed by atoms with E-state index in [1.165, 1.54) is 0 Å². The monoisotopic (exact) mass is 321 g/mol. The summed E-state index contributed by atoms with van der Waals surface area (Å²) in [6.45, 7) is 0.491. The fourth-order valence-electron chi connectivity index (χ4n) is 2.70. The van der Waals surface area contributed by atoms with Gasteiger partial charge in [-0.05, 0) is 29.3 Å². The van der Waals surface area contributed by atoms with Gasteiger partial charge in [0.05, 0.1) is 10.0 Å². The van der Waals surface area contributed by atoms with Crippen LogP contribution >= 0.6 is 23.2 Å². The summed E-state index contributed by atoms with van der Waals surface area (Å²) in [5.41, 5.74) is 2.97. The molecule has 108 valence electrons. The lowest BCUT2D eigenvalue weighted by molar-refractivity contribution is -0.138. The molecule has 0 bridgehead atoms. The second kappa shape index (κ2) is 5.58. The Morgan fingerprint density at radius 3 is 2.67 bits per heavy atom. The molecule has 1 heterocycles. The highest BCUT2D eigenvalue weighted by Gasteiger charge is 2.34. The average Bonchev–Trinajstić information content (AvgIpc) is 2.82. The molecule has 1 atom stereocenters. The van der Waals surface area contributed by atoms with Gasteiger partial charge < -0.3 is 10.0 Å². The number of halogens is 2. The zero-order valence-electron chi connectivity index (χ0n) is 11.1. The maximum absolute atomic E-state index is 11.5. The third-order valence-electron chi connectivity index (χ3n) is 3.71. The second-order valence-electron chi connectivity index (χ2n) is 5.06. The Hall–Kier alpha value is -1.71. The van der Waals surface area contributed by atoms with Crippen LogP contribution in [-0.4, -0.2) is 17.1 Å². The predicted octanol–water partition coefficient (Wildman–Crippen LogP) is 4.01. The molecule has 0 saturated carbocycles. The number of hydrogen-bond donors (Lipinski definition) is 1. The number of benzene rings is 2. The number of anilines is 1. The zero-order valence-corrected chi connectivity index (χ0v) is 12.6. The normalized spacial score (nSPS) is 16.9. The quantitative estimate of drug-likeness (QED) is 0.928. The van der Waals surface area contributed by atoms with Crippen LogP contribution in [0.2, 0.25) is 10.0 Å². The van der Waals surface area contributed by atoms with Crippen LogP contribution in [0.5, 0.6) is 0 Å². The molecule has 1 N–H and O–H groups in total. The summed E-state index contributed by atoms with van der Waals surface area (Å²) in [5, 5.41) is 10.4. The van der Waals surface area contributed by atoms with Crippen molar-refractivity contribution in [3.8, 4) is 0 Å². The van der Waals surface area contributed by atoms with Crippen LogP contribution in [0.1, 0.15) is 11.1 Å². The molecular formula is C16H13Cl2NO2. The van der Waals surface area contributed by atoms with E-state index in [-0.39, 0.29) is 0 Å². The van der Waals surface area contributed by atoms with E-state index in [1.807, 2.05) is 35.2 Å². The van der Waals surface area contributed by atoms with E-state index in [2.05, 4.69) is 0 Å². The van der Waals surface area contributed by atoms with E-state index in [0.29, 0.717) is 23.0 Å². The number of rotatable bonds is 3. The molecule has 3 nitrogen and oxygen atoms in total. The van der Waals surface area contributed by atoms with Gasteiger partial charge in [0, 0.05) is 18.7 Å². The SMILES string of the molecule is O=C(O)C1Cc2ccccc2N1Cc1ccc(Cl)c(Cl)c1. The first-order valence-corrected chi connectivity index (χ1v) is 7.33. The van der Waals surface area contributed by atoms with Crippen molar-refractivity contribution < 1.29 is 9.90 Å². The number of carboxylic acids is 1. The first-order chi connectivity index (χ1) is 10.1. The Bertz CT molecular complexity index is 702. The van der Waals surface area contributed by atoms with E-state index >= 15 is 0 Å². The highest BCUT2D eigenvalue weighted by atomic mass is 35.5. The van der Waals surface area contributed by atoms with Crippen molar-refractivity contribution in [3.05, 3.63) is 63.6 Å².